The van der Waals surface area contributed by atoms with E-state index in [1.54, 1.807) is 0 Å². The van der Waals surface area contributed by atoms with Crippen molar-refractivity contribution in [3.8, 4) is 0 Å². The molecule has 0 aliphatic rings. The highest BCUT2D eigenvalue weighted by Crippen LogP contribution is 2.11. The van der Waals surface area contributed by atoms with Gasteiger partial charge in [0.1, 0.15) is 5.82 Å². The fraction of sp³-hybridized carbons (Fsp3) is 0.222. The minimum absolute atomic E-state index is 0.884. The third kappa shape index (κ3) is 1.80. The molecule has 0 saturated carbocycles. The molecule has 0 fully saturated rings. The van der Waals surface area contributed by atoms with Gasteiger partial charge in [-0.2, -0.15) is 0 Å². The van der Waals surface area contributed by atoms with Crippen LogP contribution < -0.4 is 5.32 Å². The van der Waals surface area contributed by atoms with Crippen LogP contribution in [0.15, 0.2) is 24.9 Å². The Hall–Kier alpha value is -1.31. The van der Waals surface area contributed by atoms with Gasteiger partial charge in [-0.05, 0) is 30.2 Å². The molecule has 1 heterocycles. The van der Waals surface area contributed by atoms with Crippen molar-refractivity contribution in [2.45, 2.75) is 6.92 Å². The van der Waals surface area contributed by atoms with Gasteiger partial charge in [0, 0.05) is 13.2 Å². The average Bonchev–Trinajstić information content (AvgIpc) is 2.05. The summed E-state index contributed by atoms with van der Waals surface area (Å²) < 4.78 is 0. The molecule has 1 N–H and O–H groups in total. The summed E-state index contributed by atoms with van der Waals surface area (Å²) >= 11 is 0. The lowest BCUT2D eigenvalue weighted by molar-refractivity contribution is 1.27. The maximum Gasteiger partial charge on any atom is 0.125 e. The van der Waals surface area contributed by atoms with Crippen molar-refractivity contribution in [2.24, 2.45) is 0 Å². The van der Waals surface area contributed by atoms with Gasteiger partial charge in [-0.3, -0.25) is 0 Å². The predicted molar refractivity (Wildman–Crippen MR) is 48.5 cm³/mol. The highest BCUT2D eigenvalue weighted by Gasteiger charge is 1.92. The van der Waals surface area contributed by atoms with Gasteiger partial charge in [-0.1, -0.05) is 6.58 Å². The van der Waals surface area contributed by atoms with E-state index in [1.807, 2.05) is 32.3 Å². The first-order valence-electron chi connectivity index (χ1n) is 3.53. The van der Waals surface area contributed by atoms with Gasteiger partial charge < -0.3 is 5.32 Å². The Labute approximate surface area is 67.0 Å². The molecular formula is C9H12N2. The van der Waals surface area contributed by atoms with Crippen molar-refractivity contribution >= 4 is 11.4 Å². The minimum atomic E-state index is 0.884. The highest BCUT2D eigenvalue weighted by atomic mass is 14.9. The standard InChI is InChI=1S/C9H12N2/c1-7(2)8-4-5-9(10-3)11-6-8/h4-6H,1H2,2-3H3,(H,10,11). The van der Waals surface area contributed by atoms with Gasteiger partial charge in [0.05, 0.1) is 0 Å². The number of nitrogens with one attached hydrogen (secondary N) is 1. The van der Waals surface area contributed by atoms with Gasteiger partial charge >= 0.3 is 0 Å². The van der Waals surface area contributed by atoms with E-state index in [0.717, 1.165) is 17.0 Å². The second-order valence-electron chi connectivity index (χ2n) is 2.46. The Bertz CT molecular complexity index is 249. The topological polar surface area (TPSA) is 24.9 Å². The molecule has 0 spiro atoms. The van der Waals surface area contributed by atoms with Crippen molar-refractivity contribution in [1.82, 2.24) is 4.98 Å². The maximum atomic E-state index is 4.15. The van der Waals surface area contributed by atoms with Crippen LogP contribution in [0.5, 0.6) is 0 Å². The molecular weight excluding hydrogens is 136 g/mol. The lowest BCUT2D eigenvalue weighted by Crippen LogP contribution is -1.91. The number of anilines is 1. The van der Waals surface area contributed by atoms with Crippen LogP contribution in [0.3, 0.4) is 0 Å². The molecule has 11 heavy (non-hydrogen) atoms. The van der Waals surface area contributed by atoms with E-state index in [0.29, 0.717) is 0 Å². The summed E-state index contributed by atoms with van der Waals surface area (Å²) in [5.74, 6) is 0.884. The molecule has 1 rings (SSSR count). The number of aromatic nitrogens is 1. The molecule has 0 saturated heterocycles. The van der Waals surface area contributed by atoms with Gasteiger partial charge in [-0.15, -0.1) is 0 Å². The van der Waals surface area contributed by atoms with Gasteiger partial charge in [0.2, 0.25) is 0 Å². The lowest BCUT2D eigenvalue weighted by Gasteiger charge is -2.00. The average molecular weight is 148 g/mol. The Balaban J connectivity index is 2.91. The molecule has 0 aromatic carbocycles. The van der Waals surface area contributed by atoms with Crippen LogP contribution in [0.2, 0.25) is 0 Å². The van der Waals surface area contributed by atoms with E-state index in [1.165, 1.54) is 0 Å². The highest BCUT2D eigenvalue weighted by molar-refractivity contribution is 5.61. The van der Waals surface area contributed by atoms with Crippen LogP contribution in [-0.2, 0) is 0 Å². The van der Waals surface area contributed by atoms with Gasteiger partial charge in [0.25, 0.3) is 0 Å². The summed E-state index contributed by atoms with van der Waals surface area (Å²) in [4.78, 5) is 4.15. The van der Waals surface area contributed by atoms with Crippen LogP contribution in [0.4, 0.5) is 5.82 Å². The smallest absolute Gasteiger partial charge is 0.125 e. The number of allylic oxidation sites excluding steroid dienone is 1. The zero-order valence-corrected chi connectivity index (χ0v) is 6.89. The Morgan fingerprint density at radius 1 is 1.55 bits per heavy atom. The Morgan fingerprint density at radius 2 is 2.27 bits per heavy atom. The molecule has 58 valence electrons. The molecule has 0 aliphatic heterocycles. The zero-order chi connectivity index (χ0) is 8.27. The Kier molecular flexibility index (Phi) is 2.26. The third-order valence-electron chi connectivity index (χ3n) is 1.51. The first-order valence-corrected chi connectivity index (χ1v) is 3.53. The largest absolute Gasteiger partial charge is 0.373 e. The summed E-state index contributed by atoms with van der Waals surface area (Å²) in [5.41, 5.74) is 2.13. The summed E-state index contributed by atoms with van der Waals surface area (Å²) in [5, 5.41) is 2.95. The van der Waals surface area contributed by atoms with Crippen molar-refractivity contribution in [1.29, 1.82) is 0 Å². The summed E-state index contributed by atoms with van der Waals surface area (Å²) in [6.45, 7) is 5.79. The van der Waals surface area contributed by atoms with Crippen LogP contribution in [0, 0.1) is 0 Å². The summed E-state index contributed by atoms with van der Waals surface area (Å²) in [6.07, 6.45) is 1.81. The first-order chi connectivity index (χ1) is 5.24. The second kappa shape index (κ2) is 3.19. The van der Waals surface area contributed by atoms with Crippen LogP contribution in [-0.4, -0.2) is 12.0 Å². The van der Waals surface area contributed by atoms with Crippen molar-refractivity contribution < 1.29 is 0 Å². The third-order valence-corrected chi connectivity index (χ3v) is 1.51. The predicted octanol–water partition coefficient (Wildman–Crippen LogP) is 2.16. The molecule has 2 heteroatoms. The van der Waals surface area contributed by atoms with E-state index >= 15 is 0 Å². The van der Waals surface area contributed by atoms with Crippen LogP contribution in [0.25, 0.3) is 5.57 Å². The molecule has 0 amide bonds. The molecule has 2 nitrogen and oxygen atoms in total. The van der Waals surface area contributed by atoms with Crippen LogP contribution >= 0.6 is 0 Å². The van der Waals surface area contributed by atoms with Crippen molar-refractivity contribution in [2.75, 3.05) is 12.4 Å². The first kappa shape index (κ1) is 7.79. The van der Waals surface area contributed by atoms with Crippen molar-refractivity contribution in [3.05, 3.63) is 30.5 Å². The molecule has 0 atom stereocenters. The summed E-state index contributed by atoms with van der Waals surface area (Å²) in [6, 6.07) is 3.94. The monoisotopic (exact) mass is 148 g/mol. The fourth-order valence-corrected chi connectivity index (χ4v) is 0.794. The van der Waals surface area contributed by atoms with Crippen LogP contribution in [0.1, 0.15) is 12.5 Å². The normalized spacial score (nSPS) is 9.27. The van der Waals surface area contributed by atoms with E-state index in [9.17, 15) is 0 Å². The van der Waals surface area contributed by atoms with Crippen molar-refractivity contribution in [3.63, 3.8) is 0 Å². The zero-order valence-electron chi connectivity index (χ0n) is 6.89. The lowest BCUT2D eigenvalue weighted by atomic mass is 10.1. The van der Waals surface area contributed by atoms with E-state index < -0.39 is 0 Å². The maximum absolute atomic E-state index is 4.15. The molecule has 0 bridgehead atoms. The quantitative estimate of drug-likeness (QED) is 0.695. The number of pyridine rings is 1. The van der Waals surface area contributed by atoms with E-state index in [4.69, 9.17) is 0 Å². The Morgan fingerprint density at radius 3 is 2.64 bits per heavy atom. The fourth-order valence-electron chi connectivity index (χ4n) is 0.794. The number of hydrogen-bond acceptors (Lipinski definition) is 2. The SMILES string of the molecule is C=C(C)c1ccc(NC)nc1. The molecule has 0 radical (unpaired) electrons. The number of nitrogens with zero attached hydrogens (tertiary/aromatic N) is 1. The number of rotatable bonds is 2. The molecule has 0 aliphatic carbocycles. The van der Waals surface area contributed by atoms with E-state index in [-0.39, 0.29) is 0 Å². The number of hydrogen-bond donors (Lipinski definition) is 1. The van der Waals surface area contributed by atoms with E-state index in [2.05, 4.69) is 16.9 Å². The summed E-state index contributed by atoms with van der Waals surface area (Å²) in [7, 11) is 1.85. The minimum Gasteiger partial charge on any atom is -0.373 e. The molecule has 1 aromatic heterocycles. The molecule has 1 aromatic rings. The second-order valence-corrected chi connectivity index (χ2v) is 2.46. The molecule has 0 unspecified atom stereocenters. The van der Waals surface area contributed by atoms with Gasteiger partial charge in [0.15, 0.2) is 0 Å². The van der Waals surface area contributed by atoms with Gasteiger partial charge in [-0.25, -0.2) is 4.98 Å².